The first kappa shape index (κ1) is 27.6. The number of nitrogens with one attached hydrogen (secondary N) is 3. The summed E-state index contributed by atoms with van der Waals surface area (Å²) in [5.41, 5.74) is 1.37. The molecule has 13 heteroatoms. The molecule has 38 heavy (non-hydrogen) atoms. The third kappa shape index (κ3) is 5.86. The Morgan fingerprint density at radius 3 is 2.45 bits per heavy atom. The van der Waals surface area contributed by atoms with Crippen LogP contribution in [0.4, 0.5) is 23.2 Å². The normalized spacial score (nSPS) is 17.9. The van der Waals surface area contributed by atoms with E-state index in [9.17, 15) is 31.9 Å². The summed E-state index contributed by atoms with van der Waals surface area (Å²) in [5.74, 6) is -5.02. The molecule has 0 aliphatic carbocycles. The lowest BCUT2D eigenvalue weighted by Gasteiger charge is -2.32. The maximum Gasteiger partial charge on any atom is 0.408 e. The summed E-state index contributed by atoms with van der Waals surface area (Å²) in [4.78, 5) is 36.6. The van der Waals surface area contributed by atoms with Crippen molar-refractivity contribution >= 4 is 35.1 Å². The van der Waals surface area contributed by atoms with E-state index in [4.69, 9.17) is 21.1 Å². The van der Waals surface area contributed by atoms with Crippen molar-refractivity contribution < 1.29 is 41.4 Å². The molecule has 0 radical (unpaired) electrons. The first-order valence-electron chi connectivity index (χ1n) is 11.8. The molecular weight excluding hydrogens is 534 g/mol. The van der Waals surface area contributed by atoms with Gasteiger partial charge in [0, 0.05) is 12.1 Å². The second-order valence-corrected chi connectivity index (χ2v) is 9.39. The van der Waals surface area contributed by atoms with Crippen LogP contribution < -0.4 is 16.0 Å². The van der Waals surface area contributed by atoms with Crippen LogP contribution in [0, 0.1) is 5.82 Å². The van der Waals surface area contributed by atoms with Crippen molar-refractivity contribution in [2.75, 3.05) is 18.4 Å². The van der Waals surface area contributed by atoms with Gasteiger partial charge in [-0.25, -0.2) is 4.39 Å². The van der Waals surface area contributed by atoms with Crippen molar-refractivity contribution in [2.24, 2.45) is 0 Å². The smallest absolute Gasteiger partial charge is 0.408 e. The number of carbonyl (C=O) groups is 3. The molecule has 8 nitrogen and oxygen atoms in total. The maximum absolute atomic E-state index is 14.6. The molecule has 2 heterocycles. The largest absolute Gasteiger partial charge is 0.416 e. The Bertz CT molecular complexity index is 1250. The molecule has 2 aliphatic rings. The van der Waals surface area contributed by atoms with E-state index < -0.39 is 47.2 Å². The number of esters is 2. The number of ether oxygens (including phenoxy) is 2. The molecule has 0 unspecified atom stereocenters. The Morgan fingerprint density at radius 2 is 1.82 bits per heavy atom. The summed E-state index contributed by atoms with van der Waals surface area (Å²) in [7, 11) is 0. The number of hydrogen-bond acceptors (Lipinski definition) is 7. The zero-order valence-corrected chi connectivity index (χ0v) is 20.9. The molecule has 1 amide bonds. The zero-order valence-electron chi connectivity index (χ0n) is 20.1. The fourth-order valence-corrected chi connectivity index (χ4v) is 4.51. The number of alkyl halides is 3. The molecule has 1 spiro atoms. The third-order valence-corrected chi connectivity index (χ3v) is 6.57. The van der Waals surface area contributed by atoms with Gasteiger partial charge in [0.1, 0.15) is 11.9 Å². The van der Waals surface area contributed by atoms with E-state index in [1.165, 1.54) is 6.07 Å². The van der Waals surface area contributed by atoms with E-state index in [1.54, 1.807) is 17.4 Å². The van der Waals surface area contributed by atoms with Gasteiger partial charge in [-0.05, 0) is 55.3 Å². The zero-order chi connectivity index (χ0) is 27.7. The molecule has 0 saturated carbocycles. The molecule has 1 saturated heterocycles. The topological polar surface area (TPSA) is 106 Å². The highest BCUT2D eigenvalue weighted by Gasteiger charge is 2.46. The standard InChI is InChI=1S/C25H24ClF4N3O5/c1-13(25(28,29)30)33-23(36)16-3-2-14(10-19(16)27)11-32-22-15-8-9-31-12-24(17(15)4-5-18(22)26)37-20(34)6-7-21(35)38-24/h2-5,10,13,31-32H,6-9,11-12H2,1H3,(H,33,36)/t13-/m1/s1. The van der Waals surface area contributed by atoms with Gasteiger partial charge < -0.3 is 25.4 Å². The lowest BCUT2D eigenvalue weighted by atomic mass is 9.96. The molecule has 0 aromatic heterocycles. The van der Waals surface area contributed by atoms with Gasteiger partial charge in [0.25, 0.3) is 11.7 Å². The summed E-state index contributed by atoms with van der Waals surface area (Å²) >= 11 is 6.46. The Morgan fingerprint density at radius 1 is 1.13 bits per heavy atom. The molecular formula is C25H24ClF4N3O5. The molecule has 3 N–H and O–H groups in total. The Balaban J connectivity index is 1.58. The first-order chi connectivity index (χ1) is 17.9. The number of rotatable bonds is 5. The number of benzene rings is 2. The van der Waals surface area contributed by atoms with Gasteiger partial charge in [-0.1, -0.05) is 17.7 Å². The van der Waals surface area contributed by atoms with Gasteiger partial charge in [-0.2, -0.15) is 13.2 Å². The average molecular weight is 558 g/mol. The van der Waals surface area contributed by atoms with Gasteiger partial charge in [0.15, 0.2) is 0 Å². The van der Waals surface area contributed by atoms with E-state index in [-0.39, 0.29) is 25.9 Å². The highest BCUT2D eigenvalue weighted by Crippen LogP contribution is 2.40. The molecule has 2 aliphatic heterocycles. The number of halogens is 5. The number of amides is 1. The Kier molecular flexibility index (Phi) is 7.84. The minimum Gasteiger partial charge on any atom is -0.416 e. The summed E-state index contributed by atoms with van der Waals surface area (Å²) < 4.78 is 64.0. The van der Waals surface area contributed by atoms with E-state index in [0.717, 1.165) is 19.1 Å². The first-order valence-corrected chi connectivity index (χ1v) is 12.1. The average Bonchev–Trinajstić information content (AvgIpc) is 3.10. The van der Waals surface area contributed by atoms with Crippen molar-refractivity contribution in [1.82, 2.24) is 10.6 Å². The molecule has 2 aromatic carbocycles. The van der Waals surface area contributed by atoms with Crippen molar-refractivity contribution in [3.05, 3.63) is 63.4 Å². The molecule has 1 atom stereocenters. The SMILES string of the molecule is C[C@@H](NC(=O)c1ccc(CNc2c(Cl)ccc3c2CCNCC32OC(=O)CCC(=O)O2)cc1F)C(F)(F)F. The minimum atomic E-state index is -4.66. The maximum atomic E-state index is 14.6. The Labute approximate surface area is 220 Å². The Hall–Kier alpha value is -3.38. The third-order valence-electron chi connectivity index (χ3n) is 6.26. The number of fused-ring (bicyclic) bond motifs is 2. The highest BCUT2D eigenvalue weighted by molar-refractivity contribution is 6.33. The molecule has 0 bridgehead atoms. The number of carbonyl (C=O) groups excluding carboxylic acids is 3. The monoisotopic (exact) mass is 557 g/mol. The van der Waals surface area contributed by atoms with Crippen LogP contribution in [0.3, 0.4) is 0 Å². The predicted octanol–water partition coefficient (Wildman–Crippen LogP) is 3.95. The van der Waals surface area contributed by atoms with Crippen LogP contribution in [0.15, 0.2) is 30.3 Å². The number of hydrogen-bond donors (Lipinski definition) is 3. The molecule has 204 valence electrons. The van der Waals surface area contributed by atoms with Crippen molar-refractivity contribution in [3.8, 4) is 0 Å². The summed E-state index contributed by atoms with van der Waals surface area (Å²) in [6.07, 6.45) is -4.45. The van der Waals surface area contributed by atoms with Gasteiger partial charge in [-0.15, -0.1) is 0 Å². The van der Waals surface area contributed by atoms with Crippen LogP contribution in [-0.2, 0) is 37.8 Å². The van der Waals surface area contributed by atoms with Crippen LogP contribution in [-0.4, -0.2) is 43.2 Å². The van der Waals surface area contributed by atoms with Crippen molar-refractivity contribution in [3.63, 3.8) is 0 Å². The minimum absolute atomic E-state index is 0.0357. The second kappa shape index (κ2) is 10.8. The van der Waals surface area contributed by atoms with Gasteiger partial charge in [-0.3, -0.25) is 14.4 Å². The van der Waals surface area contributed by atoms with E-state index in [2.05, 4.69) is 10.6 Å². The molecule has 1 fully saturated rings. The van der Waals surface area contributed by atoms with Crippen LogP contribution in [0.5, 0.6) is 0 Å². The van der Waals surface area contributed by atoms with Crippen LogP contribution in [0.1, 0.15) is 46.8 Å². The van der Waals surface area contributed by atoms with Crippen molar-refractivity contribution in [2.45, 2.75) is 50.7 Å². The fraction of sp³-hybridized carbons (Fsp3) is 0.400. The number of anilines is 1. The summed E-state index contributed by atoms with van der Waals surface area (Å²) in [5, 5.41) is 8.26. The van der Waals surface area contributed by atoms with Gasteiger partial charge in [0.2, 0.25) is 0 Å². The second-order valence-electron chi connectivity index (χ2n) is 8.98. The van der Waals surface area contributed by atoms with E-state index >= 15 is 0 Å². The molecule has 4 rings (SSSR count). The quantitative estimate of drug-likeness (QED) is 0.378. The summed E-state index contributed by atoms with van der Waals surface area (Å²) in [6.45, 7) is 1.29. The highest BCUT2D eigenvalue weighted by atomic mass is 35.5. The summed E-state index contributed by atoms with van der Waals surface area (Å²) in [6, 6.07) is 4.57. The lowest BCUT2D eigenvalue weighted by molar-refractivity contribution is -0.225. The van der Waals surface area contributed by atoms with E-state index in [1.807, 2.05) is 0 Å². The van der Waals surface area contributed by atoms with Gasteiger partial charge in [0.05, 0.1) is 35.7 Å². The fourth-order valence-electron chi connectivity index (χ4n) is 4.26. The van der Waals surface area contributed by atoms with Crippen molar-refractivity contribution in [1.29, 1.82) is 0 Å². The van der Waals surface area contributed by atoms with Crippen LogP contribution in [0.25, 0.3) is 0 Å². The predicted molar refractivity (Wildman–Crippen MR) is 128 cm³/mol. The van der Waals surface area contributed by atoms with Crippen LogP contribution in [0.2, 0.25) is 5.02 Å². The van der Waals surface area contributed by atoms with E-state index in [0.29, 0.717) is 40.4 Å². The lowest BCUT2D eigenvalue weighted by Crippen LogP contribution is -2.43. The van der Waals surface area contributed by atoms with Crippen LogP contribution >= 0.6 is 11.6 Å². The molecule has 2 aromatic rings. The van der Waals surface area contributed by atoms with Gasteiger partial charge >= 0.3 is 18.1 Å².